The predicted molar refractivity (Wildman–Crippen MR) is 65.7 cm³/mol. The summed E-state index contributed by atoms with van der Waals surface area (Å²) >= 11 is 0. The van der Waals surface area contributed by atoms with Crippen molar-refractivity contribution in [2.75, 3.05) is 5.43 Å². The van der Waals surface area contributed by atoms with Crippen molar-refractivity contribution < 1.29 is 13.9 Å². The van der Waals surface area contributed by atoms with E-state index >= 15 is 0 Å². The molecule has 0 aliphatic rings. The van der Waals surface area contributed by atoms with Crippen molar-refractivity contribution in [3.05, 3.63) is 59.7 Å². The summed E-state index contributed by atoms with van der Waals surface area (Å²) in [6, 6.07) is 9.71. The van der Waals surface area contributed by atoms with Gasteiger partial charge in [0.15, 0.2) is 5.82 Å². The molecule has 5 heteroatoms. The molecule has 2 aromatic carbocycles. The van der Waals surface area contributed by atoms with E-state index < -0.39 is 11.6 Å². The van der Waals surface area contributed by atoms with Crippen molar-refractivity contribution in [1.82, 2.24) is 0 Å². The molecule has 0 saturated heterocycles. The Morgan fingerprint density at radius 3 is 2.61 bits per heavy atom. The van der Waals surface area contributed by atoms with E-state index in [0.29, 0.717) is 5.56 Å². The van der Waals surface area contributed by atoms with Crippen LogP contribution in [0.5, 0.6) is 5.75 Å². The van der Waals surface area contributed by atoms with Gasteiger partial charge in [0.2, 0.25) is 0 Å². The van der Waals surface area contributed by atoms with Gasteiger partial charge >= 0.3 is 0 Å². The molecule has 2 N–H and O–H groups in total. The van der Waals surface area contributed by atoms with E-state index in [9.17, 15) is 13.9 Å². The zero-order chi connectivity index (χ0) is 13.0. The van der Waals surface area contributed by atoms with Crippen molar-refractivity contribution in [2.24, 2.45) is 5.10 Å². The van der Waals surface area contributed by atoms with Crippen LogP contribution in [0.1, 0.15) is 5.56 Å². The second-order valence-electron chi connectivity index (χ2n) is 3.55. The Morgan fingerprint density at radius 1 is 1.11 bits per heavy atom. The van der Waals surface area contributed by atoms with E-state index in [-0.39, 0.29) is 11.4 Å². The van der Waals surface area contributed by atoms with Gasteiger partial charge in [-0.3, -0.25) is 5.43 Å². The number of hydrogen-bond acceptors (Lipinski definition) is 3. The van der Waals surface area contributed by atoms with Gasteiger partial charge in [-0.25, -0.2) is 8.78 Å². The van der Waals surface area contributed by atoms with Crippen LogP contribution in [0.4, 0.5) is 14.5 Å². The lowest BCUT2D eigenvalue weighted by Crippen LogP contribution is -1.94. The molecule has 3 nitrogen and oxygen atoms in total. The third kappa shape index (κ3) is 2.82. The minimum absolute atomic E-state index is 0.0584. The standard InChI is InChI=1S/C13H10F2N2O/c14-10-5-6-12(11(15)7-10)17-16-8-9-3-1-2-4-13(9)18/h1-8,17-18H. The van der Waals surface area contributed by atoms with E-state index in [2.05, 4.69) is 10.5 Å². The normalized spacial score (nSPS) is 10.8. The van der Waals surface area contributed by atoms with Crippen LogP contribution < -0.4 is 5.43 Å². The number of rotatable bonds is 3. The smallest absolute Gasteiger partial charge is 0.151 e. The first-order valence-electron chi connectivity index (χ1n) is 5.19. The number of aromatic hydroxyl groups is 1. The van der Waals surface area contributed by atoms with E-state index in [0.717, 1.165) is 12.1 Å². The Morgan fingerprint density at radius 2 is 1.89 bits per heavy atom. The fourth-order valence-electron chi connectivity index (χ4n) is 1.35. The van der Waals surface area contributed by atoms with Crippen LogP contribution in [-0.2, 0) is 0 Å². The molecule has 2 rings (SSSR count). The fourth-order valence-corrected chi connectivity index (χ4v) is 1.35. The maximum absolute atomic E-state index is 13.2. The van der Waals surface area contributed by atoms with Crippen molar-refractivity contribution in [2.45, 2.75) is 0 Å². The lowest BCUT2D eigenvalue weighted by atomic mass is 10.2. The number of hydrogen-bond donors (Lipinski definition) is 2. The number of phenols is 1. The van der Waals surface area contributed by atoms with Crippen molar-refractivity contribution in [3.63, 3.8) is 0 Å². The molecule has 0 aliphatic carbocycles. The third-order valence-electron chi connectivity index (χ3n) is 2.26. The molecule has 0 unspecified atom stereocenters. The molecule has 2 aromatic rings. The van der Waals surface area contributed by atoms with Gasteiger partial charge in [-0.1, -0.05) is 12.1 Å². The topological polar surface area (TPSA) is 44.6 Å². The first kappa shape index (κ1) is 12.0. The summed E-state index contributed by atoms with van der Waals surface area (Å²) in [6.45, 7) is 0. The monoisotopic (exact) mass is 248 g/mol. The molecule has 0 radical (unpaired) electrons. The summed E-state index contributed by atoms with van der Waals surface area (Å²) in [5.41, 5.74) is 2.98. The second-order valence-corrected chi connectivity index (χ2v) is 3.55. The Hall–Kier alpha value is -2.43. The number of para-hydroxylation sites is 1. The fraction of sp³-hybridized carbons (Fsp3) is 0. The Bertz CT molecular complexity index is 585. The molecule has 0 amide bonds. The maximum Gasteiger partial charge on any atom is 0.151 e. The van der Waals surface area contributed by atoms with E-state index in [4.69, 9.17) is 0 Å². The lowest BCUT2D eigenvalue weighted by molar-refractivity contribution is 0.474. The van der Waals surface area contributed by atoms with E-state index in [1.165, 1.54) is 18.3 Å². The molecule has 0 bridgehead atoms. The van der Waals surface area contributed by atoms with Gasteiger partial charge in [-0.2, -0.15) is 5.10 Å². The highest BCUT2D eigenvalue weighted by Crippen LogP contribution is 2.16. The third-order valence-corrected chi connectivity index (χ3v) is 2.26. The minimum Gasteiger partial charge on any atom is -0.507 e. The SMILES string of the molecule is Oc1ccccc1C=NNc1ccc(F)cc1F. The molecule has 0 fully saturated rings. The van der Waals surface area contributed by atoms with Gasteiger partial charge in [0, 0.05) is 11.6 Å². The number of benzene rings is 2. The zero-order valence-corrected chi connectivity index (χ0v) is 9.27. The van der Waals surface area contributed by atoms with Crippen LogP contribution in [0.2, 0.25) is 0 Å². The number of anilines is 1. The quantitative estimate of drug-likeness (QED) is 0.647. The van der Waals surface area contributed by atoms with Gasteiger partial charge < -0.3 is 5.11 Å². The van der Waals surface area contributed by atoms with Crippen LogP contribution in [0.3, 0.4) is 0 Å². The molecule has 92 valence electrons. The van der Waals surface area contributed by atoms with Gasteiger partial charge in [0.1, 0.15) is 11.6 Å². The molecule has 18 heavy (non-hydrogen) atoms. The van der Waals surface area contributed by atoms with Gasteiger partial charge in [0.25, 0.3) is 0 Å². The number of phenolic OH excluding ortho intramolecular Hbond substituents is 1. The van der Waals surface area contributed by atoms with Gasteiger partial charge in [-0.15, -0.1) is 0 Å². The highest BCUT2D eigenvalue weighted by molar-refractivity contribution is 5.83. The first-order valence-corrected chi connectivity index (χ1v) is 5.19. The molecular weight excluding hydrogens is 238 g/mol. The van der Waals surface area contributed by atoms with Crippen LogP contribution in [0, 0.1) is 11.6 Å². The predicted octanol–water partition coefficient (Wildman–Crippen LogP) is 3.12. The molecular formula is C13H10F2N2O. The van der Waals surface area contributed by atoms with Gasteiger partial charge in [-0.05, 0) is 24.3 Å². The number of hydrazone groups is 1. The average molecular weight is 248 g/mol. The number of nitrogens with one attached hydrogen (secondary N) is 1. The molecule has 0 aliphatic heterocycles. The highest BCUT2D eigenvalue weighted by atomic mass is 19.1. The molecule has 0 aromatic heterocycles. The molecule has 0 atom stereocenters. The number of nitrogens with zero attached hydrogens (tertiary/aromatic N) is 1. The maximum atomic E-state index is 13.2. The Kier molecular flexibility index (Phi) is 3.52. The molecule has 0 heterocycles. The average Bonchev–Trinajstić information content (AvgIpc) is 2.34. The minimum atomic E-state index is -0.732. The Labute approximate surface area is 102 Å². The summed E-state index contributed by atoms with van der Waals surface area (Å²) in [6.07, 6.45) is 1.35. The van der Waals surface area contributed by atoms with Crippen molar-refractivity contribution in [1.29, 1.82) is 0 Å². The van der Waals surface area contributed by atoms with E-state index in [1.54, 1.807) is 18.2 Å². The summed E-state index contributed by atoms with van der Waals surface area (Å²) in [5.74, 6) is -1.31. The summed E-state index contributed by atoms with van der Waals surface area (Å²) < 4.78 is 25.9. The van der Waals surface area contributed by atoms with Crippen LogP contribution >= 0.6 is 0 Å². The van der Waals surface area contributed by atoms with Crippen molar-refractivity contribution in [3.8, 4) is 5.75 Å². The van der Waals surface area contributed by atoms with E-state index in [1.807, 2.05) is 0 Å². The summed E-state index contributed by atoms with van der Waals surface area (Å²) in [7, 11) is 0. The number of halogens is 2. The Balaban J connectivity index is 2.10. The van der Waals surface area contributed by atoms with Crippen LogP contribution in [0.25, 0.3) is 0 Å². The highest BCUT2D eigenvalue weighted by Gasteiger charge is 2.01. The first-order chi connectivity index (χ1) is 8.66. The molecule has 0 spiro atoms. The second kappa shape index (κ2) is 5.27. The van der Waals surface area contributed by atoms with Gasteiger partial charge in [0.05, 0.1) is 11.9 Å². The van der Waals surface area contributed by atoms with Crippen LogP contribution in [-0.4, -0.2) is 11.3 Å². The lowest BCUT2D eigenvalue weighted by Gasteiger charge is -2.02. The van der Waals surface area contributed by atoms with Crippen molar-refractivity contribution >= 4 is 11.9 Å². The van der Waals surface area contributed by atoms with Crippen LogP contribution in [0.15, 0.2) is 47.6 Å². The summed E-state index contributed by atoms with van der Waals surface area (Å²) in [5, 5.41) is 13.2. The zero-order valence-electron chi connectivity index (χ0n) is 9.27. The molecule has 0 saturated carbocycles. The summed E-state index contributed by atoms with van der Waals surface area (Å²) in [4.78, 5) is 0. The largest absolute Gasteiger partial charge is 0.507 e.